The average Bonchev–Trinajstić information content (AvgIpc) is 2.93. The third kappa shape index (κ3) is 5.08. The number of halogens is 4. The fraction of sp³-hybridized carbons (Fsp3) is 0.357. The molecule has 0 amide bonds. The van der Waals surface area contributed by atoms with Crippen LogP contribution in [0, 0.1) is 5.41 Å². The van der Waals surface area contributed by atoms with Crippen molar-refractivity contribution in [3.63, 3.8) is 0 Å². The van der Waals surface area contributed by atoms with Crippen molar-refractivity contribution >= 4 is 58.0 Å². The number of aliphatic hydroxyl groups excluding tert-OH is 1. The molecule has 2 aromatic carbocycles. The Hall–Kier alpha value is -2.82. The van der Waals surface area contributed by atoms with E-state index in [0.29, 0.717) is 5.57 Å². The van der Waals surface area contributed by atoms with Gasteiger partial charge < -0.3 is 33.5 Å². The lowest BCUT2D eigenvalue weighted by molar-refractivity contribution is 0.0578. The quantitative estimate of drug-likeness (QED) is 0.282. The number of rotatable bonds is 10. The second kappa shape index (κ2) is 12.6. The van der Waals surface area contributed by atoms with Gasteiger partial charge in [0.25, 0.3) is 0 Å². The number of carbonyl (C=O) groups is 2. The van der Waals surface area contributed by atoms with Crippen molar-refractivity contribution in [3.05, 3.63) is 54.5 Å². The lowest BCUT2D eigenvalue weighted by Crippen LogP contribution is -2.45. The Kier molecular flexibility index (Phi) is 10.0. The van der Waals surface area contributed by atoms with Gasteiger partial charge in [0.2, 0.25) is 11.5 Å². The molecule has 2 aromatic rings. The minimum absolute atomic E-state index is 0.0215. The van der Waals surface area contributed by atoms with Crippen LogP contribution in [-0.4, -0.2) is 65.4 Å². The third-order valence-electron chi connectivity index (χ3n) is 6.84. The van der Waals surface area contributed by atoms with Gasteiger partial charge in [-0.05, 0) is 13.8 Å². The summed E-state index contributed by atoms with van der Waals surface area (Å²) in [6, 6.07) is 0. The molecule has 41 heavy (non-hydrogen) atoms. The molecule has 0 aliphatic heterocycles. The Balaban J connectivity index is 2.37. The Morgan fingerprint density at radius 1 is 0.683 bits per heavy atom. The highest BCUT2D eigenvalue weighted by Crippen LogP contribution is 2.55. The molecule has 0 aromatic heterocycles. The van der Waals surface area contributed by atoms with Gasteiger partial charge in [-0.15, -0.1) is 0 Å². The summed E-state index contributed by atoms with van der Waals surface area (Å²) in [6.45, 7) is 3.03. The number of carbonyl (C=O) groups excluding carboxylic acids is 2. The summed E-state index contributed by atoms with van der Waals surface area (Å²) in [5.74, 6) is -1.61. The first-order chi connectivity index (χ1) is 19.3. The summed E-state index contributed by atoms with van der Waals surface area (Å²) in [5, 5.41) is 10.5. The Labute approximate surface area is 257 Å². The van der Waals surface area contributed by atoms with E-state index in [0.717, 1.165) is 0 Å². The predicted octanol–water partition coefficient (Wildman–Crippen LogP) is 6.67. The highest BCUT2D eigenvalue weighted by Gasteiger charge is 2.50. The molecule has 0 fully saturated rings. The van der Waals surface area contributed by atoms with Gasteiger partial charge in [-0.25, -0.2) is 0 Å². The van der Waals surface area contributed by atoms with Gasteiger partial charge in [-0.3, -0.25) is 9.59 Å². The van der Waals surface area contributed by atoms with Crippen molar-refractivity contribution in [2.75, 3.05) is 42.7 Å². The number of aliphatic hydroxyl groups is 1. The Morgan fingerprint density at radius 2 is 1.02 bits per heavy atom. The Bertz CT molecular complexity index is 1420. The van der Waals surface area contributed by atoms with Gasteiger partial charge in [0, 0.05) is 5.57 Å². The minimum atomic E-state index is -1.96. The van der Waals surface area contributed by atoms with Crippen LogP contribution in [0.5, 0.6) is 34.5 Å². The van der Waals surface area contributed by atoms with E-state index in [4.69, 9.17) is 74.8 Å². The lowest BCUT2D eigenvalue weighted by atomic mass is 9.66. The number of ketones is 2. The highest BCUT2D eigenvalue weighted by atomic mass is 35.5. The molecule has 13 heteroatoms. The average molecular weight is 650 g/mol. The second-order valence-electron chi connectivity index (χ2n) is 8.98. The first-order valence-electron chi connectivity index (χ1n) is 11.8. The minimum Gasteiger partial charge on any atom is -0.491 e. The molecule has 1 N–H and O–H groups in total. The zero-order valence-electron chi connectivity index (χ0n) is 23.5. The van der Waals surface area contributed by atoms with Crippen molar-refractivity contribution in [2.45, 2.75) is 20.0 Å². The van der Waals surface area contributed by atoms with E-state index in [1.165, 1.54) is 61.7 Å². The molecule has 1 aliphatic carbocycles. The molecule has 0 heterocycles. The van der Waals surface area contributed by atoms with E-state index >= 15 is 0 Å². The number of hydrogen-bond donors (Lipinski definition) is 1. The standard InChI is InChI=1S/C28H28Cl4O9/c1-11-9-12(20(34)14-16(29)21(36-3)25(40-7)22(37-4)17(14)30)28(2,13(33)10-11)27(35)15-18(31)23(38-5)26(41-8)24(39-6)19(15)32/h9-10,13,33H,1-8H3. The maximum Gasteiger partial charge on any atom is 0.206 e. The van der Waals surface area contributed by atoms with Crippen LogP contribution in [0.15, 0.2) is 23.3 Å². The van der Waals surface area contributed by atoms with Crippen molar-refractivity contribution in [2.24, 2.45) is 5.41 Å². The molecular formula is C28H28Cl4O9. The van der Waals surface area contributed by atoms with Crippen LogP contribution in [0.25, 0.3) is 0 Å². The number of hydrogen-bond acceptors (Lipinski definition) is 9. The normalized spacial score (nSPS) is 18.2. The summed E-state index contributed by atoms with van der Waals surface area (Å²) in [4.78, 5) is 28.8. The number of methoxy groups -OCH3 is 6. The third-order valence-corrected chi connectivity index (χ3v) is 8.28. The van der Waals surface area contributed by atoms with Crippen LogP contribution in [0.1, 0.15) is 34.6 Å². The molecule has 2 unspecified atom stereocenters. The predicted molar refractivity (Wildman–Crippen MR) is 157 cm³/mol. The topological polar surface area (TPSA) is 110 Å². The van der Waals surface area contributed by atoms with Crippen molar-refractivity contribution < 1.29 is 43.1 Å². The van der Waals surface area contributed by atoms with Gasteiger partial charge in [-0.2, -0.15) is 0 Å². The summed E-state index contributed by atoms with van der Waals surface area (Å²) >= 11 is 26.5. The van der Waals surface area contributed by atoms with Crippen LogP contribution in [0.2, 0.25) is 20.1 Å². The SMILES string of the molecule is COc1c(Cl)c(C(=O)C2=CC(C)=CC(O)C2(C)C(=O)c2c(Cl)c(OC)c(OC)c(OC)c2Cl)c(Cl)c(OC)c1OC. The van der Waals surface area contributed by atoms with E-state index < -0.39 is 23.1 Å². The summed E-state index contributed by atoms with van der Waals surface area (Å²) in [7, 11) is 7.98. The number of benzene rings is 2. The van der Waals surface area contributed by atoms with Gasteiger partial charge in [-0.1, -0.05) is 64.1 Å². The zero-order valence-corrected chi connectivity index (χ0v) is 26.5. The molecule has 0 saturated heterocycles. The molecule has 0 radical (unpaired) electrons. The molecule has 3 rings (SSSR count). The highest BCUT2D eigenvalue weighted by molar-refractivity contribution is 6.45. The molecule has 9 nitrogen and oxygen atoms in total. The largest absolute Gasteiger partial charge is 0.491 e. The van der Waals surface area contributed by atoms with Crippen LogP contribution in [0.3, 0.4) is 0 Å². The molecule has 0 bridgehead atoms. The first-order valence-corrected chi connectivity index (χ1v) is 13.3. The smallest absolute Gasteiger partial charge is 0.206 e. The Morgan fingerprint density at radius 3 is 1.37 bits per heavy atom. The van der Waals surface area contributed by atoms with Crippen molar-refractivity contribution in [1.29, 1.82) is 0 Å². The maximum atomic E-state index is 14.4. The summed E-state index contributed by atoms with van der Waals surface area (Å²) in [6.07, 6.45) is 1.36. The van der Waals surface area contributed by atoms with E-state index in [1.807, 2.05) is 0 Å². The van der Waals surface area contributed by atoms with Gasteiger partial charge in [0.15, 0.2) is 34.6 Å². The zero-order chi connectivity index (χ0) is 31.0. The monoisotopic (exact) mass is 648 g/mol. The summed E-state index contributed by atoms with van der Waals surface area (Å²) in [5.41, 5.74) is -2.13. The number of ether oxygens (including phenoxy) is 6. The second-order valence-corrected chi connectivity index (χ2v) is 10.5. The molecule has 0 spiro atoms. The van der Waals surface area contributed by atoms with E-state index in [9.17, 15) is 14.7 Å². The van der Waals surface area contributed by atoms with E-state index in [2.05, 4.69) is 0 Å². The molecule has 1 aliphatic rings. The maximum absolute atomic E-state index is 14.4. The fourth-order valence-corrected chi connectivity index (χ4v) is 6.17. The van der Waals surface area contributed by atoms with Gasteiger partial charge >= 0.3 is 0 Å². The molecule has 0 saturated carbocycles. The van der Waals surface area contributed by atoms with Crippen molar-refractivity contribution in [1.82, 2.24) is 0 Å². The number of allylic oxidation sites excluding steroid dienone is 2. The van der Waals surface area contributed by atoms with Crippen LogP contribution in [-0.2, 0) is 0 Å². The molecule has 2 atom stereocenters. The first kappa shape index (κ1) is 32.7. The molecule has 222 valence electrons. The van der Waals surface area contributed by atoms with Crippen LogP contribution >= 0.6 is 46.4 Å². The van der Waals surface area contributed by atoms with Gasteiger partial charge in [0.05, 0.1) is 85.4 Å². The fourth-order valence-electron chi connectivity index (χ4n) is 4.70. The summed E-state index contributed by atoms with van der Waals surface area (Å²) < 4.78 is 32.3. The van der Waals surface area contributed by atoms with Gasteiger partial charge in [0.1, 0.15) is 0 Å². The van der Waals surface area contributed by atoms with E-state index in [-0.39, 0.29) is 71.3 Å². The van der Waals surface area contributed by atoms with Crippen LogP contribution in [0.4, 0.5) is 0 Å². The molecular weight excluding hydrogens is 622 g/mol. The number of Topliss-reactive ketones (excluding diaryl/α,β-unsaturated/α-hetero) is 2. The van der Waals surface area contributed by atoms with Crippen LogP contribution < -0.4 is 28.4 Å². The van der Waals surface area contributed by atoms with E-state index in [1.54, 1.807) is 6.92 Å². The lowest BCUT2D eigenvalue weighted by Gasteiger charge is -2.37. The van der Waals surface area contributed by atoms with Crippen molar-refractivity contribution in [3.8, 4) is 34.5 Å².